The van der Waals surface area contributed by atoms with Gasteiger partial charge < -0.3 is 14.8 Å². The fourth-order valence-electron chi connectivity index (χ4n) is 2.75. The van der Waals surface area contributed by atoms with Crippen LogP contribution in [0, 0.1) is 0 Å². The number of hydrogen-bond acceptors (Lipinski definition) is 8. The molecule has 1 N–H and O–H groups in total. The van der Waals surface area contributed by atoms with Crippen LogP contribution in [0.4, 0.5) is 10.9 Å². The van der Waals surface area contributed by atoms with Gasteiger partial charge in [0.2, 0.25) is 0 Å². The van der Waals surface area contributed by atoms with Gasteiger partial charge >= 0.3 is 0 Å². The number of fused-ring (bicyclic) bond motifs is 1. The van der Waals surface area contributed by atoms with Crippen molar-refractivity contribution in [2.45, 2.75) is 19.9 Å². The maximum absolute atomic E-state index is 12.7. The molecule has 4 rings (SSSR count). The fraction of sp³-hybridized carbons (Fsp3) is 0.263. The van der Waals surface area contributed by atoms with Gasteiger partial charge in [-0.25, -0.2) is 15.0 Å². The summed E-state index contributed by atoms with van der Waals surface area (Å²) in [5.41, 5.74) is 1.71. The standard InChI is InChI=1S/C19H20N8OS/c1-11(2)27-10-21-25-17(27)12-6-5-7-16(22-12)24-18(28)13-8-15-14(9-20-13)23-19(29-15)26(3)4/h5-11H,1-4H3,(H,22,24,28). The van der Waals surface area contributed by atoms with Gasteiger partial charge in [0.25, 0.3) is 5.91 Å². The van der Waals surface area contributed by atoms with Crippen molar-refractivity contribution in [3.63, 3.8) is 0 Å². The van der Waals surface area contributed by atoms with Gasteiger partial charge in [-0.05, 0) is 32.0 Å². The molecule has 0 aliphatic rings. The van der Waals surface area contributed by atoms with Crippen molar-refractivity contribution in [2.75, 3.05) is 24.3 Å². The van der Waals surface area contributed by atoms with Crippen LogP contribution in [0.5, 0.6) is 0 Å². The van der Waals surface area contributed by atoms with E-state index in [9.17, 15) is 4.79 Å². The molecule has 9 nitrogen and oxygen atoms in total. The quantitative estimate of drug-likeness (QED) is 0.541. The van der Waals surface area contributed by atoms with Gasteiger partial charge in [-0.2, -0.15) is 0 Å². The molecule has 4 aromatic heterocycles. The maximum atomic E-state index is 12.7. The molecule has 0 radical (unpaired) electrons. The molecule has 0 spiro atoms. The summed E-state index contributed by atoms with van der Waals surface area (Å²) in [5.74, 6) is 0.740. The Bertz CT molecular complexity index is 1180. The minimum absolute atomic E-state index is 0.197. The number of anilines is 2. The molecule has 0 unspecified atom stereocenters. The Balaban J connectivity index is 1.58. The number of aromatic nitrogens is 6. The van der Waals surface area contributed by atoms with Crippen LogP contribution in [0.2, 0.25) is 0 Å². The molecule has 10 heteroatoms. The van der Waals surface area contributed by atoms with Crippen LogP contribution < -0.4 is 10.2 Å². The van der Waals surface area contributed by atoms with Crippen LogP contribution in [0.15, 0.2) is 36.8 Å². The average Bonchev–Trinajstić information content (AvgIpc) is 3.34. The molecule has 148 valence electrons. The summed E-state index contributed by atoms with van der Waals surface area (Å²) >= 11 is 1.51. The van der Waals surface area contributed by atoms with Crippen molar-refractivity contribution in [1.29, 1.82) is 0 Å². The van der Waals surface area contributed by atoms with Crippen molar-refractivity contribution >= 4 is 38.4 Å². The normalized spacial score (nSPS) is 11.2. The van der Waals surface area contributed by atoms with Crippen LogP contribution in [0.1, 0.15) is 30.4 Å². The Morgan fingerprint density at radius 1 is 1.24 bits per heavy atom. The third kappa shape index (κ3) is 3.79. The summed E-state index contributed by atoms with van der Waals surface area (Å²) in [6.45, 7) is 4.09. The second-order valence-electron chi connectivity index (χ2n) is 6.95. The number of pyridine rings is 2. The Morgan fingerprint density at radius 3 is 2.83 bits per heavy atom. The molecule has 0 aliphatic heterocycles. The number of carbonyl (C=O) groups is 1. The zero-order chi connectivity index (χ0) is 20.5. The number of thiazole rings is 1. The van der Waals surface area contributed by atoms with E-state index in [0.717, 1.165) is 15.3 Å². The van der Waals surface area contributed by atoms with Crippen LogP contribution in [0.25, 0.3) is 21.7 Å². The number of nitrogens with one attached hydrogen (secondary N) is 1. The molecule has 0 aromatic carbocycles. The van der Waals surface area contributed by atoms with E-state index in [0.29, 0.717) is 23.0 Å². The molecule has 0 atom stereocenters. The molecule has 4 heterocycles. The minimum atomic E-state index is -0.332. The maximum Gasteiger partial charge on any atom is 0.275 e. The van der Waals surface area contributed by atoms with Gasteiger partial charge in [0, 0.05) is 20.1 Å². The van der Waals surface area contributed by atoms with Crippen molar-refractivity contribution in [1.82, 2.24) is 29.7 Å². The van der Waals surface area contributed by atoms with Crippen LogP contribution >= 0.6 is 11.3 Å². The highest BCUT2D eigenvalue weighted by Crippen LogP contribution is 2.27. The van der Waals surface area contributed by atoms with E-state index < -0.39 is 0 Å². The minimum Gasteiger partial charge on any atom is -0.354 e. The Morgan fingerprint density at radius 2 is 2.07 bits per heavy atom. The highest BCUT2D eigenvalue weighted by Gasteiger charge is 2.15. The Kier molecular flexibility index (Phi) is 4.93. The smallest absolute Gasteiger partial charge is 0.275 e. The lowest BCUT2D eigenvalue weighted by atomic mass is 10.3. The second-order valence-corrected chi connectivity index (χ2v) is 7.95. The van der Waals surface area contributed by atoms with E-state index in [4.69, 9.17) is 0 Å². The van der Waals surface area contributed by atoms with E-state index in [-0.39, 0.29) is 11.9 Å². The summed E-state index contributed by atoms with van der Waals surface area (Å²) in [6.07, 6.45) is 3.28. The third-order valence-corrected chi connectivity index (χ3v) is 5.41. The fourth-order valence-corrected chi connectivity index (χ4v) is 3.64. The van der Waals surface area contributed by atoms with E-state index in [1.807, 2.05) is 49.5 Å². The molecular weight excluding hydrogens is 388 g/mol. The molecule has 4 aromatic rings. The number of carbonyl (C=O) groups excluding carboxylic acids is 1. The first-order valence-corrected chi connectivity index (χ1v) is 9.86. The van der Waals surface area contributed by atoms with Crippen LogP contribution in [-0.4, -0.2) is 49.7 Å². The van der Waals surface area contributed by atoms with Gasteiger partial charge in [0.05, 0.1) is 10.9 Å². The Hall–Kier alpha value is -3.40. The molecule has 1 amide bonds. The number of rotatable bonds is 5. The van der Waals surface area contributed by atoms with Gasteiger partial charge in [0.15, 0.2) is 11.0 Å². The molecule has 0 saturated carbocycles. The van der Waals surface area contributed by atoms with Crippen molar-refractivity contribution < 1.29 is 4.79 Å². The molecular formula is C19H20N8OS. The largest absolute Gasteiger partial charge is 0.354 e. The van der Waals surface area contributed by atoms with Crippen molar-refractivity contribution in [2.24, 2.45) is 0 Å². The second kappa shape index (κ2) is 7.55. The molecule has 0 bridgehead atoms. The lowest BCUT2D eigenvalue weighted by Crippen LogP contribution is -2.14. The monoisotopic (exact) mass is 408 g/mol. The highest BCUT2D eigenvalue weighted by atomic mass is 32.1. The van der Waals surface area contributed by atoms with Crippen LogP contribution in [0.3, 0.4) is 0 Å². The zero-order valence-electron chi connectivity index (χ0n) is 16.5. The van der Waals surface area contributed by atoms with Gasteiger partial charge in [-0.1, -0.05) is 17.4 Å². The SMILES string of the molecule is CC(C)n1cnnc1-c1cccc(NC(=O)c2cc3sc(N(C)C)nc3cn2)n1. The lowest BCUT2D eigenvalue weighted by Gasteiger charge is -2.10. The summed E-state index contributed by atoms with van der Waals surface area (Å²) in [5, 5.41) is 11.8. The van der Waals surface area contributed by atoms with Crippen molar-refractivity contribution in [3.8, 4) is 11.5 Å². The topological polar surface area (TPSA) is 102 Å². The molecule has 29 heavy (non-hydrogen) atoms. The first-order chi connectivity index (χ1) is 13.9. The molecule has 0 saturated heterocycles. The molecule has 0 fully saturated rings. The number of nitrogens with zero attached hydrogens (tertiary/aromatic N) is 7. The first-order valence-electron chi connectivity index (χ1n) is 9.04. The summed E-state index contributed by atoms with van der Waals surface area (Å²) in [6, 6.07) is 7.33. The highest BCUT2D eigenvalue weighted by molar-refractivity contribution is 7.22. The van der Waals surface area contributed by atoms with Gasteiger partial charge in [-0.3, -0.25) is 4.79 Å². The van der Waals surface area contributed by atoms with Crippen molar-refractivity contribution in [3.05, 3.63) is 42.5 Å². The third-order valence-electron chi connectivity index (χ3n) is 4.23. The summed E-state index contributed by atoms with van der Waals surface area (Å²) in [7, 11) is 3.86. The predicted octanol–water partition coefficient (Wildman–Crippen LogP) is 3.24. The average molecular weight is 408 g/mol. The van der Waals surface area contributed by atoms with E-state index in [2.05, 4.69) is 30.5 Å². The first kappa shape index (κ1) is 18.9. The van der Waals surface area contributed by atoms with E-state index >= 15 is 0 Å². The van der Waals surface area contributed by atoms with Crippen LogP contribution in [-0.2, 0) is 0 Å². The number of amides is 1. The Labute approximate surface area is 171 Å². The molecule has 0 aliphatic carbocycles. The van der Waals surface area contributed by atoms with Gasteiger partial charge in [-0.15, -0.1) is 10.2 Å². The number of hydrogen-bond donors (Lipinski definition) is 1. The lowest BCUT2D eigenvalue weighted by molar-refractivity contribution is 0.102. The zero-order valence-corrected chi connectivity index (χ0v) is 17.3. The summed E-state index contributed by atoms with van der Waals surface area (Å²) in [4.78, 5) is 27.9. The predicted molar refractivity (Wildman–Crippen MR) is 113 cm³/mol. The van der Waals surface area contributed by atoms with Gasteiger partial charge in [0.1, 0.15) is 29.0 Å². The summed E-state index contributed by atoms with van der Waals surface area (Å²) < 4.78 is 2.83. The van der Waals surface area contributed by atoms with E-state index in [1.54, 1.807) is 24.7 Å². The van der Waals surface area contributed by atoms with E-state index in [1.165, 1.54) is 11.3 Å².